The van der Waals surface area contributed by atoms with E-state index in [4.69, 9.17) is 0 Å². The SMILES string of the molecule is FC(F)=C(F)C(F)F.FC=C(F)C(F)F. The van der Waals surface area contributed by atoms with E-state index in [2.05, 4.69) is 0 Å². The fraction of sp³-hybridized carbons (Fsp3) is 0.333. The van der Waals surface area contributed by atoms with Crippen LogP contribution in [0.3, 0.4) is 0 Å². The van der Waals surface area contributed by atoms with Crippen molar-refractivity contribution in [2.45, 2.75) is 12.9 Å². The van der Waals surface area contributed by atoms with Crippen LogP contribution in [0.5, 0.6) is 0 Å². The van der Waals surface area contributed by atoms with Crippen LogP contribution >= 0.6 is 0 Å². The summed E-state index contributed by atoms with van der Waals surface area (Å²) in [5.41, 5.74) is 0. The molecule has 0 nitrogen and oxygen atoms in total. The second-order valence-electron chi connectivity index (χ2n) is 1.70. The first-order valence-corrected chi connectivity index (χ1v) is 2.96. The Morgan fingerprint density at radius 3 is 1.20 bits per heavy atom. The Morgan fingerprint density at radius 1 is 0.800 bits per heavy atom. The summed E-state index contributed by atoms with van der Waals surface area (Å²) in [6, 6.07) is 0. The molecular formula is C6H3F9. The van der Waals surface area contributed by atoms with Crippen LogP contribution in [-0.4, -0.2) is 12.9 Å². The van der Waals surface area contributed by atoms with Crippen molar-refractivity contribution in [1.82, 2.24) is 0 Å². The van der Waals surface area contributed by atoms with Crippen LogP contribution in [0.2, 0.25) is 0 Å². The van der Waals surface area contributed by atoms with Crippen LogP contribution in [-0.2, 0) is 0 Å². The second kappa shape index (κ2) is 8.18. The van der Waals surface area contributed by atoms with Crippen molar-refractivity contribution < 1.29 is 39.5 Å². The van der Waals surface area contributed by atoms with E-state index in [1.807, 2.05) is 0 Å². The van der Waals surface area contributed by atoms with Crippen LogP contribution in [0.1, 0.15) is 0 Å². The van der Waals surface area contributed by atoms with Crippen molar-refractivity contribution in [3.8, 4) is 0 Å². The van der Waals surface area contributed by atoms with Crippen molar-refractivity contribution in [3.63, 3.8) is 0 Å². The van der Waals surface area contributed by atoms with Gasteiger partial charge in [0.25, 0.3) is 12.9 Å². The summed E-state index contributed by atoms with van der Waals surface area (Å²) in [5, 5.41) is 0. The zero-order chi connectivity index (χ0) is 12.6. The lowest BCUT2D eigenvalue weighted by atomic mass is 10.6. The van der Waals surface area contributed by atoms with E-state index in [0.717, 1.165) is 0 Å². The first-order chi connectivity index (χ1) is 6.73. The third-order valence-corrected chi connectivity index (χ3v) is 0.685. The zero-order valence-electron chi connectivity index (χ0n) is 6.63. The monoisotopic (exact) mass is 246 g/mol. The van der Waals surface area contributed by atoms with Gasteiger partial charge in [0.1, 0.15) is 6.33 Å². The van der Waals surface area contributed by atoms with Gasteiger partial charge >= 0.3 is 6.08 Å². The highest BCUT2D eigenvalue weighted by Gasteiger charge is 2.16. The van der Waals surface area contributed by atoms with Crippen LogP contribution in [0.25, 0.3) is 0 Å². The minimum atomic E-state index is -3.69. The number of hydrogen-bond donors (Lipinski definition) is 0. The minimum Gasteiger partial charge on any atom is -0.212 e. The topological polar surface area (TPSA) is 0 Å². The summed E-state index contributed by atoms with van der Waals surface area (Å²) in [6.07, 6.45) is -10.7. The van der Waals surface area contributed by atoms with Gasteiger partial charge < -0.3 is 0 Å². The molecule has 0 fully saturated rings. The maximum absolute atomic E-state index is 11.0. The number of rotatable bonds is 2. The van der Waals surface area contributed by atoms with E-state index < -0.39 is 36.9 Å². The van der Waals surface area contributed by atoms with Crippen LogP contribution in [0, 0.1) is 0 Å². The molecule has 0 unspecified atom stereocenters. The smallest absolute Gasteiger partial charge is 0.212 e. The molecule has 0 atom stereocenters. The number of alkyl halides is 4. The van der Waals surface area contributed by atoms with E-state index in [9.17, 15) is 39.5 Å². The van der Waals surface area contributed by atoms with Gasteiger partial charge in [0, 0.05) is 0 Å². The van der Waals surface area contributed by atoms with Gasteiger partial charge in [-0.2, -0.15) is 13.2 Å². The van der Waals surface area contributed by atoms with E-state index in [-0.39, 0.29) is 0 Å². The highest BCUT2D eigenvalue weighted by atomic mass is 19.3. The summed E-state index contributed by atoms with van der Waals surface area (Å²) in [5.74, 6) is -4.68. The Balaban J connectivity index is 0. The Bertz CT molecular complexity index is 225. The summed E-state index contributed by atoms with van der Waals surface area (Å²) >= 11 is 0. The maximum Gasteiger partial charge on any atom is 0.307 e. The summed E-state index contributed by atoms with van der Waals surface area (Å²) < 4.78 is 97.1. The standard InChI is InChI=1S/C3HF5.C3H2F4/c4-1(2(5)6)3(7)8;4-1-2(5)3(6)7/h2H;1,3H. The predicted octanol–water partition coefficient (Wildman–Crippen LogP) is 4.36. The minimum absolute atomic E-state index is 0.759. The molecule has 0 aliphatic rings. The average molecular weight is 246 g/mol. The average Bonchev–Trinajstić information content (AvgIpc) is 2.15. The van der Waals surface area contributed by atoms with Crippen molar-refractivity contribution in [1.29, 1.82) is 0 Å². The van der Waals surface area contributed by atoms with Crippen LogP contribution in [0.4, 0.5) is 39.5 Å². The molecule has 0 amide bonds. The Hall–Kier alpha value is -1.15. The molecule has 0 saturated carbocycles. The van der Waals surface area contributed by atoms with E-state index >= 15 is 0 Å². The molecule has 0 N–H and O–H groups in total. The Kier molecular flexibility index (Phi) is 8.88. The van der Waals surface area contributed by atoms with E-state index in [0.29, 0.717) is 0 Å². The van der Waals surface area contributed by atoms with Crippen LogP contribution in [0.15, 0.2) is 24.1 Å². The Morgan fingerprint density at radius 2 is 1.20 bits per heavy atom. The fourth-order valence-electron chi connectivity index (χ4n) is 0.130. The number of allylic oxidation sites excluding steroid dienone is 2. The van der Waals surface area contributed by atoms with Gasteiger partial charge in [0.05, 0.1) is 0 Å². The molecule has 0 spiro atoms. The highest BCUT2D eigenvalue weighted by Crippen LogP contribution is 2.16. The molecule has 9 heteroatoms. The predicted molar refractivity (Wildman–Crippen MR) is 32.7 cm³/mol. The van der Waals surface area contributed by atoms with Gasteiger partial charge in [-0.15, -0.1) is 0 Å². The van der Waals surface area contributed by atoms with Gasteiger partial charge in [0.15, 0.2) is 5.83 Å². The lowest BCUT2D eigenvalue weighted by Crippen LogP contribution is -1.90. The fourth-order valence-corrected chi connectivity index (χ4v) is 0.130. The van der Waals surface area contributed by atoms with Gasteiger partial charge in [-0.1, -0.05) is 0 Å². The Labute approximate surface area is 77.7 Å². The van der Waals surface area contributed by atoms with Gasteiger partial charge in [0.2, 0.25) is 5.83 Å². The van der Waals surface area contributed by atoms with Gasteiger partial charge in [-0.3, -0.25) is 0 Å². The molecule has 15 heavy (non-hydrogen) atoms. The maximum atomic E-state index is 11.0. The number of hydrogen-bond acceptors (Lipinski definition) is 0. The summed E-state index contributed by atoms with van der Waals surface area (Å²) in [7, 11) is 0. The van der Waals surface area contributed by atoms with Crippen molar-refractivity contribution in [2.75, 3.05) is 0 Å². The first-order valence-electron chi connectivity index (χ1n) is 2.96. The molecule has 0 aromatic heterocycles. The summed E-state index contributed by atoms with van der Waals surface area (Å²) in [4.78, 5) is 0. The quantitative estimate of drug-likeness (QED) is 0.635. The van der Waals surface area contributed by atoms with E-state index in [1.165, 1.54) is 0 Å². The van der Waals surface area contributed by atoms with Crippen molar-refractivity contribution >= 4 is 0 Å². The van der Waals surface area contributed by atoms with E-state index in [1.54, 1.807) is 0 Å². The first kappa shape index (κ1) is 16.3. The summed E-state index contributed by atoms with van der Waals surface area (Å²) in [6.45, 7) is 0. The number of halogens is 9. The molecule has 0 saturated heterocycles. The van der Waals surface area contributed by atoms with Crippen molar-refractivity contribution in [3.05, 3.63) is 24.1 Å². The molecule has 0 aromatic rings. The van der Waals surface area contributed by atoms with Crippen LogP contribution < -0.4 is 0 Å². The van der Waals surface area contributed by atoms with Gasteiger partial charge in [-0.05, 0) is 0 Å². The molecule has 0 aliphatic heterocycles. The largest absolute Gasteiger partial charge is 0.307 e. The third kappa shape index (κ3) is 9.16. The molecule has 0 aliphatic carbocycles. The molecule has 0 aromatic carbocycles. The lowest BCUT2D eigenvalue weighted by Gasteiger charge is -1.88. The zero-order valence-corrected chi connectivity index (χ0v) is 6.63. The van der Waals surface area contributed by atoms with Gasteiger partial charge in [-0.25, -0.2) is 26.3 Å². The molecule has 0 rings (SSSR count). The lowest BCUT2D eigenvalue weighted by molar-refractivity contribution is 0.145. The highest BCUT2D eigenvalue weighted by molar-refractivity contribution is 4.93. The normalized spacial score (nSPS) is 11.3. The van der Waals surface area contributed by atoms with Crippen molar-refractivity contribution in [2.24, 2.45) is 0 Å². The molecule has 0 heterocycles. The molecule has 90 valence electrons. The second-order valence-corrected chi connectivity index (χ2v) is 1.70. The molecule has 0 bridgehead atoms. The molecular weight excluding hydrogens is 243 g/mol. The molecule has 0 radical (unpaired) electrons. The third-order valence-electron chi connectivity index (χ3n) is 0.685.